The molecule has 134 valence electrons. The first-order valence-electron chi connectivity index (χ1n) is 7.73. The summed E-state index contributed by atoms with van der Waals surface area (Å²) in [5.41, 5.74) is 5.94. The number of fused-ring (bicyclic) bond motifs is 1. The van der Waals surface area contributed by atoms with Crippen LogP contribution in [0.4, 0.5) is 5.69 Å². The van der Waals surface area contributed by atoms with Gasteiger partial charge in [-0.15, -0.1) is 11.8 Å². The van der Waals surface area contributed by atoms with E-state index in [2.05, 4.69) is 0 Å². The second-order valence-electron chi connectivity index (χ2n) is 6.53. The van der Waals surface area contributed by atoms with Gasteiger partial charge in [0.2, 0.25) is 5.91 Å². The van der Waals surface area contributed by atoms with Crippen LogP contribution in [0, 0.1) is 0 Å². The highest BCUT2D eigenvalue weighted by molar-refractivity contribution is 8.01. The van der Waals surface area contributed by atoms with Crippen molar-refractivity contribution in [3.8, 4) is 5.75 Å². The van der Waals surface area contributed by atoms with Crippen LogP contribution in [0.1, 0.15) is 13.8 Å². The number of benzene rings is 1. The lowest BCUT2D eigenvalue weighted by atomic mass is 9.95. The minimum absolute atomic E-state index is 0.0350. The third kappa shape index (κ3) is 2.63. The predicted octanol–water partition coefficient (Wildman–Crippen LogP) is 0.199. The molecule has 4 N–H and O–H groups in total. The maximum Gasteiger partial charge on any atom is 0.327 e. The number of β-lactam (4-membered cyclic amide) rings is 1. The summed E-state index contributed by atoms with van der Waals surface area (Å²) in [5, 5.41) is 18.5. The van der Waals surface area contributed by atoms with Crippen molar-refractivity contribution in [3.05, 3.63) is 24.3 Å². The number of rotatable bonds is 4. The van der Waals surface area contributed by atoms with Gasteiger partial charge in [-0.25, -0.2) is 4.79 Å². The minimum atomic E-state index is -1.06. The number of phenolic OH excluding ortho intramolecular Hbond substituents is 1. The van der Waals surface area contributed by atoms with E-state index in [1.54, 1.807) is 13.8 Å². The van der Waals surface area contributed by atoms with Gasteiger partial charge in [0.15, 0.2) is 0 Å². The van der Waals surface area contributed by atoms with Crippen molar-refractivity contribution in [1.82, 2.24) is 4.90 Å². The zero-order chi connectivity index (χ0) is 18.5. The SMILES string of the molecule is CC1(C)S[C@@H]2[C@@H](N(C(=O)CN)c3ccc(O)cc3)C(=O)N2[C@H]1C(=O)O. The molecule has 2 amide bonds. The molecule has 2 heterocycles. The Hall–Kier alpha value is -2.26. The standard InChI is InChI=1S/C16H19N3O5S/c1-16(2)12(15(23)24)19-13(22)11(14(19)25-16)18(10(21)7-17)8-3-5-9(20)6-4-8/h3-6,11-12,14,20H,7,17H2,1-2H3,(H,23,24)/t11-,12-,14+/m0/s1. The van der Waals surface area contributed by atoms with Gasteiger partial charge in [-0.3, -0.25) is 14.5 Å². The Bertz CT molecular complexity index is 736. The highest BCUT2D eigenvalue weighted by Crippen LogP contribution is 2.52. The van der Waals surface area contributed by atoms with Gasteiger partial charge in [0, 0.05) is 10.4 Å². The monoisotopic (exact) mass is 365 g/mol. The molecule has 0 aromatic heterocycles. The molecule has 2 aliphatic rings. The number of nitrogens with zero attached hydrogens (tertiary/aromatic N) is 2. The zero-order valence-electron chi connectivity index (χ0n) is 13.7. The number of carbonyl (C=O) groups is 3. The molecule has 1 aromatic rings. The van der Waals surface area contributed by atoms with Gasteiger partial charge in [0.05, 0.1) is 6.54 Å². The van der Waals surface area contributed by atoms with Gasteiger partial charge in [0.1, 0.15) is 23.2 Å². The van der Waals surface area contributed by atoms with E-state index in [1.807, 2.05) is 0 Å². The summed E-state index contributed by atoms with van der Waals surface area (Å²) in [7, 11) is 0. The quantitative estimate of drug-likeness (QED) is 0.651. The summed E-state index contributed by atoms with van der Waals surface area (Å²) < 4.78 is -0.673. The molecule has 9 heteroatoms. The van der Waals surface area contributed by atoms with Gasteiger partial charge in [-0.2, -0.15) is 0 Å². The molecule has 0 bridgehead atoms. The molecule has 0 aliphatic carbocycles. The van der Waals surface area contributed by atoms with Crippen LogP contribution in [0.25, 0.3) is 0 Å². The Labute approximate surface area is 148 Å². The summed E-state index contributed by atoms with van der Waals surface area (Å²) in [6, 6.07) is 4.13. The van der Waals surface area contributed by atoms with E-state index in [0.29, 0.717) is 5.69 Å². The van der Waals surface area contributed by atoms with E-state index in [1.165, 1.54) is 45.8 Å². The molecular formula is C16H19N3O5S. The van der Waals surface area contributed by atoms with Crippen LogP contribution in [0.3, 0.4) is 0 Å². The van der Waals surface area contributed by atoms with Gasteiger partial charge in [0.25, 0.3) is 5.91 Å². The van der Waals surface area contributed by atoms with Crippen LogP contribution in [-0.2, 0) is 14.4 Å². The highest BCUT2D eigenvalue weighted by atomic mass is 32.2. The van der Waals surface area contributed by atoms with Crippen molar-refractivity contribution in [2.45, 2.75) is 36.1 Å². The third-order valence-electron chi connectivity index (χ3n) is 4.50. The Morgan fingerprint density at radius 1 is 1.32 bits per heavy atom. The molecule has 0 spiro atoms. The molecule has 3 atom stereocenters. The second kappa shape index (κ2) is 5.92. The summed E-state index contributed by atoms with van der Waals surface area (Å²) >= 11 is 1.36. The number of thioether (sulfide) groups is 1. The number of anilines is 1. The fraction of sp³-hybridized carbons (Fsp3) is 0.438. The molecule has 1 aromatic carbocycles. The Kier molecular flexibility index (Phi) is 4.16. The number of phenols is 1. The topological polar surface area (TPSA) is 124 Å². The second-order valence-corrected chi connectivity index (χ2v) is 8.30. The number of aliphatic carboxylic acids is 1. The van der Waals surface area contributed by atoms with Crippen molar-refractivity contribution in [1.29, 1.82) is 0 Å². The summed E-state index contributed by atoms with van der Waals surface area (Å²) in [4.78, 5) is 39.3. The van der Waals surface area contributed by atoms with Crippen molar-refractivity contribution < 1.29 is 24.6 Å². The minimum Gasteiger partial charge on any atom is -0.508 e. The number of hydrogen-bond donors (Lipinski definition) is 3. The van der Waals surface area contributed by atoms with Crippen LogP contribution >= 0.6 is 11.8 Å². The third-order valence-corrected chi connectivity index (χ3v) is 6.05. The summed E-state index contributed by atoms with van der Waals surface area (Å²) in [5.74, 6) is -1.88. The Morgan fingerprint density at radius 3 is 2.44 bits per heavy atom. The first-order valence-corrected chi connectivity index (χ1v) is 8.61. The van der Waals surface area contributed by atoms with Gasteiger partial charge in [-0.1, -0.05) is 0 Å². The largest absolute Gasteiger partial charge is 0.508 e. The van der Waals surface area contributed by atoms with Crippen LogP contribution in [0.5, 0.6) is 5.75 Å². The molecule has 25 heavy (non-hydrogen) atoms. The predicted molar refractivity (Wildman–Crippen MR) is 92.2 cm³/mol. The molecule has 8 nitrogen and oxygen atoms in total. The molecule has 3 rings (SSSR count). The van der Waals surface area contributed by atoms with Gasteiger partial charge in [-0.05, 0) is 38.1 Å². The lowest BCUT2D eigenvalue weighted by Crippen LogP contribution is -2.72. The van der Waals surface area contributed by atoms with Crippen molar-refractivity contribution >= 4 is 35.2 Å². The van der Waals surface area contributed by atoms with E-state index >= 15 is 0 Å². The maximum atomic E-state index is 12.7. The molecule has 0 radical (unpaired) electrons. The molecular weight excluding hydrogens is 346 g/mol. The number of aromatic hydroxyl groups is 1. The zero-order valence-corrected chi connectivity index (χ0v) is 14.6. The van der Waals surface area contributed by atoms with Crippen molar-refractivity contribution in [3.63, 3.8) is 0 Å². The van der Waals surface area contributed by atoms with Crippen LogP contribution < -0.4 is 10.6 Å². The molecule has 2 fully saturated rings. The number of carboxylic acid groups (broad SMARTS) is 1. The number of amides is 2. The summed E-state index contributed by atoms with van der Waals surface area (Å²) in [6.45, 7) is 3.26. The molecule has 0 unspecified atom stereocenters. The summed E-state index contributed by atoms with van der Waals surface area (Å²) in [6.07, 6.45) is 0. The molecule has 2 aliphatic heterocycles. The number of nitrogens with two attached hydrogens (primary N) is 1. The van der Waals surface area contributed by atoms with E-state index in [9.17, 15) is 24.6 Å². The fourth-order valence-corrected chi connectivity index (χ4v) is 5.07. The van der Waals surface area contributed by atoms with E-state index in [-0.39, 0.29) is 12.3 Å². The Morgan fingerprint density at radius 2 is 1.92 bits per heavy atom. The smallest absolute Gasteiger partial charge is 0.327 e. The number of carbonyl (C=O) groups excluding carboxylic acids is 2. The molecule has 0 saturated carbocycles. The first kappa shape index (κ1) is 17.6. The number of carboxylic acids is 1. The Balaban J connectivity index is 1.97. The van der Waals surface area contributed by atoms with Gasteiger partial charge < -0.3 is 20.8 Å². The lowest BCUT2D eigenvalue weighted by molar-refractivity contribution is -0.159. The lowest BCUT2D eigenvalue weighted by Gasteiger charge is -2.48. The van der Waals surface area contributed by atoms with E-state index in [4.69, 9.17) is 5.73 Å². The van der Waals surface area contributed by atoms with E-state index in [0.717, 1.165) is 0 Å². The molecule has 2 saturated heterocycles. The van der Waals surface area contributed by atoms with Crippen LogP contribution in [0.2, 0.25) is 0 Å². The van der Waals surface area contributed by atoms with E-state index < -0.39 is 40.0 Å². The van der Waals surface area contributed by atoms with Gasteiger partial charge >= 0.3 is 5.97 Å². The highest BCUT2D eigenvalue weighted by Gasteiger charge is 2.65. The fourth-order valence-electron chi connectivity index (χ4n) is 3.40. The average Bonchev–Trinajstić information content (AvgIpc) is 2.80. The van der Waals surface area contributed by atoms with Crippen molar-refractivity contribution in [2.75, 3.05) is 11.4 Å². The average molecular weight is 365 g/mol. The normalized spacial score (nSPS) is 26.8. The number of hydrogen-bond acceptors (Lipinski definition) is 6. The van der Waals surface area contributed by atoms with Crippen molar-refractivity contribution in [2.24, 2.45) is 5.73 Å². The first-order chi connectivity index (χ1) is 11.7. The van der Waals surface area contributed by atoms with Crippen LogP contribution in [0.15, 0.2) is 24.3 Å². The maximum absolute atomic E-state index is 12.7. The van der Waals surface area contributed by atoms with Crippen LogP contribution in [-0.4, -0.2) is 61.6 Å².